The predicted octanol–water partition coefficient (Wildman–Crippen LogP) is 3.49. The Morgan fingerprint density at radius 2 is 1.93 bits per heavy atom. The highest BCUT2D eigenvalue weighted by Crippen LogP contribution is 2.36. The van der Waals surface area contributed by atoms with Crippen molar-refractivity contribution in [1.82, 2.24) is 0 Å². The molecule has 0 aromatic heterocycles. The maximum absolute atomic E-state index is 13.5. The van der Waals surface area contributed by atoms with E-state index in [2.05, 4.69) is 5.32 Å². The van der Waals surface area contributed by atoms with Crippen molar-refractivity contribution >= 4 is 27.3 Å². The first-order valence-corrected chi connectivity index (χ1v) is 10.5. The van der Waals surface area contributed by atoms with Crippen LogP contribution in [-0.4, -0.2) is 27.5 Å². The molecule has 7 heteroatoms. The van der Waals surface area contributed by atoms with Crippen LogP contribution < -0.4 is 14.4 Å². The Kier molecular flexibility index (Phi) is 5.41. The Morgan fingerprint density at radius 1 is 1.19 bits per heavy atom. The van der Waals surface area contributed by atoms with Gasteiger partial charge in [0.05, 0.1) is 16.3 Å². The van der Waals surface area contributed by atoms with Crippen LogP contribution in [0.5, 0.6) is 5.75 Å². The lowest BCUT2D eigenvalue weighted by Crippen LogP contribution is -2.33. The van der Waals surface area contributed by atoms with Crippen LogP contribution in [0.2, 0.25) is 0 Å². The van der Waals surface area contributed by atoms with E-state index in [1.165, 1.54) is 10.4 Å². The molecular formula is C20H24N2O4S. The molecule has 1 heterocycles. The van der Waals surface area contributed by atoms with Gasteiger partial charge >= 0.3 is 0 Å². The number of aryl methyl sites for hydroxylation is 2. The smallest absolute Gasteiger partial charge is 0.264 e. The Balaban J connectivity index is 2.12. The summed E-state index contributed by atoms with van der Waals surface area (Å²) in [6.07, 6.45) is 1.43. The Bertz CT molecular complexity index is 970. The lowest BCUT2D eigenvalue weighted by molar-refractivity contribution is -0.118. The highest BCUT2D eigenvalue weighted by molar-refractivity contribution is 7.92. The summed E-state index contributed by atoms with van der Waals surface area (Å²) in [5, 5.41) is 2.71. The zero-order chi connectivity index (χ0) is 19.6. The third-order valence-electron chi connectivity index (χ3n) is 4.55. The number of nitrogens with zero attached hydrogens (tertiary/aromatic N) is 1. The second kappa shape index (κ2) is 7.60. The molecule has 0 unspecified atom stereocenters. The minimum atomic E-state index is -3.79. The molecule has 1 amide bonds. The van der Waals surface area contributed by atoms with Crippen molar-refractivity contribution < 1.29 is 17.9 Å². The number of amides is 1. The van der Waals surface area contributed by atoms with Gasteiger partial charge in [0.15, 0.2) is 6.61 Å². The van der Waals surface area contributed by atoms with Crippen molar-refractivity contribution in [2.24, 2.45) is 0 Å². The molecule has 2 aromatic rings. The van der Waals surface area contributed by atoms with Gasteiger partial charge in [0.25, 0.3) is 15.9 Å². The van der Waals surface area contributed by atoms with E-state index in [1.54, 1.807) is 13.0 Å². The first-order chi connectivity index (χ1) is 12.9. The number of hydrogen-bond acceptors (Lipinski definition) is 4. The summed E-state index contributed by atoms with van der Waals surface area (Å²) in [6.45, 7) is 5.95. The molecule has 0 bridgehead atoms. The van der Waals surface area contributed by atoms with Crippen molar-refractivity contribution in [3.8, 4) is 5.75 Å². The molecule has 1 aliphatic rings. The minimum Gasteiger partial charge on any atom is -0.482 e. The van der Waals surface area contributed by atoms with Gasteiger partial charge in [0, 0.05) is 12.6 Å². The van der Waals surface area contributed by atoms with E-state index in [4.69, 9.17) is 4.74 Å². The van der Waals surface area contributed by atoms with Crippen molar-refractivity contribution in [2.45, 2.75) is 38.5 Å². The fourth-order valence-corrected chi connectivity index (χ4v) is 5.06. The molecule has 0 saturated heterocycles. The van der Waals surface area contributed by atoms with Gasteiger partial charge in [-0.3, -0.25) is 9.10 Å². The van der Waals surface area contributed by atoms with Crippen molar-refractivity contribution in [1.29, 1.82) is 0 Å². The summed E-state index contributed by atoms with van der Waals surface area (Å²) >= 11 is 0. The number of fused-ring (bicyclic) bond motifs is 1. The summed E-state index contributed by atoms with van der Waals surface area (Å²) in [5.74, 6) is 0.126. The SMILES string of the molecule is CCCN(c1ccccc1CC)S(=O)(=O)c1cc2c(cc1C)NC(=O)CO2. The van der Waals surface area contributed by atoms with Crippen molar-refractivity contribution in [2.75, 3.05) is 22.8 Å². The molecule has 0 fully saturated rings. The summed E-state index contributed by atoms with van der Waals surface area (Å²) in [6, 6.07) is 10.7. The molecule has 1 N–H and O–H groups in total. The van der Waals surface area contributed by atoms with Gasteiger partial charge < -0.3 is 10.1 Å². The van der Waals surface area contributed by atoms with Crippen molar-refractivity contribution in [3.05, 3.63) is 47.5 Å². The van der Waals surface area contributed by atoms with Crippen LogP contribution in [-0.2, 0) is 21.2 Å². The average molecular weight is 388 g/mol. The normalized spacial score (nSPS) is 13.5. The average Bonchev–Trinajstić information content (AvgIpc) is 2.65. The maximum Gasteiger partial charge on any atom is 0.264 e. The number of benzene rings is 2. The van der Waals surface area contributed by atoms with Crippen LogP contribution in [0, 0.1) is 6.92 Å². The van der Waals surface area contributed by atoms with E-state index < -0.39 is 10.0 Å². The highest BCUT2D eigenvalue weighted by Gasteiger charge is 2.29. The van der Waals surface area contributed by atoms with E-state index >= 15 is 0 Å². The van der Waals surface area contributed by atoms with Crippen LogP contribution in [0.15, 0.2) is 41.3 Å². The van der Waals surface area contributed by atoms with Crippen LogP contribution >= 0.6 is 0 Å². The predicted molar refractivity (Wildman–Crippen MR) is 106 cm³/mol. The number of anilines is 2. The number of carbonyl (C=O) groups excluding carboxylic acids is 1. The summed E-state index contributed by atoms with van der Waals surface area (Å²) in [4.78, 5) is 11.7. The number of ether oxygens (including phenoxy) is 1. The molecule has 0 aliphatic carbocycles. The molecule has 0 spiro atoms. The van der Waals surface area contributed by atoms with E-state index in [1.807, 2.05) is 38.1 Å². The fraction of sp³-hybridized carbons (Fsp3) is 0.350. The van der Waals surface area contributed by atoms with Gasteiger partial charge in [-0.05, 0) is 43.0 Å². The van der Waals surface area contributed by atoms with Crippen LogP contribution in [0.25, 0.3) is 0 Å². The van der Waals surface area contributed by atoms with E-state index in [0.717, 1.165) is 12.0 Å². The third kappa shape index (κ3) is 3.64. The lowest BCUT2D eigenvalue weighted by atomic mass is 10.1. The number of carbonyl (C=O) groups is 1. The Labute approximate surface area is 160 Å². The second-order valence-corrected chi connectivity index (χ2v) is 8.34. The van der Waals surface area contributed by atoms with Gasteiger partial charge in [-0.25, -0.2) is 8.42 Å². The first-order valence-electron chi connectivity index (χ1n) is 9.06. The van der Waals surface area contributed by atoms with E-state index in [-0.39, 0.29) is 17.4 Å². The Hall–Kier alpha value is -2.54. The van der Waals surface area contributed by atoms with Gasteiger partial charge in [0.2, 0.25) is 0 Å². The van der Waals surface area contributed by atoms with Crippen LogP contribution in [0.4, 0.5) is 11.4 Å². The molecule has 144 valence electrons. The van der Waals surface area contributed by atoms with Gasteiger partial charge in [-0.2, -0.15) is 0 Å². The molecular weight excluding hydrogens is 364 g/mol. The second-order valence-electron chi connectivity index (χ2n) is 6.51. The Morgan fingerprint density at radius 3 is 2.63 bits per heavy atom. The quantitative estimate of drug-likeness (QED) is 0.822. The third-order valence-corrected chi connectivity index (χ3v) is 6.50. The van der Waals surface area contributed by atoms with E-state index in [9.17, 15) is 13.2 Å². The fourth-order valence-electron chi connectivity index (χ4n) is 3.24. The van der Waals surface area contributed by atoms with Gasteiger partial charge in [-0.1, -0.05) is 32.0 Å². The number of sulfonamides is 1. The number of rotatable bonds is 6. The van der Waals surface area contributed by atoms with Gasteiger partial charge in [-0.15, -0.1) is 0 Å². The molecule has 0 atom stereocenters. The zero-order valence-corrected chi connectivity index (χ0v) is 16.6. The van der Waals surface area contributed by atoms with Gasteiger partial charge in [0.1, 0.15) is 5.75 Å². The molecule has 1 aliphatic heterocycles. The number of para-hydroxylation sites is 1. The largest absolute Gasteiger partial charge is 0.482 e. The topological polar surface area (TPSA) is 75.7 Å². The molecule has 27 heavy (non-hydrogen) atoms. The molecule has 0 radical (unpaired) electrons. The monoisotopic (exact) mass is 388 g/mol. The standard InChI is InChI=1S/C20H24N2O4S/c1-4-10-22(17-9-7-6-8-15(17)5-2)27(24,25)19-12-18-16(11-14(19)3)21-20(23)13-26-18/h6-9,11-12H,4-5,10,13H2,1-3H3,(H,21,23). The molecule has 6 nitrogen and oxygen atoms in total. The van der Waals surface area contributed by atoms with Crippen LogP contribution in [0.1, 0.15) is 31.4 Å². The first kappa shape index (κ1) is 19.2. The van der Waals surface area contributed by atoms with Crippen molar-refractivity contribution in [3.63, 3.8) is 0 Å². The summed E-state index contributed by atoms with van der Waals surface area (Å²) in [7, 11) is -3.79. The van der Waals surface area contributed by atoms with Crippen LogP contribution in [0.3, 0.4) is 0 Å². The van der Waals surface area contributed by atoms with E-state index in [0.29, 0.717) is 35.7 Å². The minimum absolute atomic E-state index is 0.118. The summed E-state index contributed by atoms with van der Waals surface area (Å²) < 4.78 is 34.0. The molecule has 0 saturated carbocycles. The number of nitrogens with one attached hydrogen (secondary N) is 1. The highest BCUT2D eigenvalue weighted by atomic mass is 32.2. The zero-order valence-electron chi connectivity index (χ0n) is 15.8. The molecule has 3 rings (SSSR count). The maximum atomic E-state index is 13.5. The lowest BCUT2D eigenvalue weighted by Gasteiger charge is -2.28. The summed E-state index contributed by atoms with van der Waals surface area (Å²) in [5.41, 5.74) is 2.75. The molecule has 2 aromatic carbocycles. The number of hydrogen-bond donors (Lipinski definition) is 1.